The number of benzene rings is 2. The Balaban J connectivity index is 1.95. The number of hydrogen-bond donors (Lipinski definition) is 0. The third kappa shape index (κ3) is 3.87. The average Bonchev–Trinajstić information content (AvgIpc) is 2.67. The van der Waals surface area contributed by atoms with E-state index in [0.29, 0.717) is 17.0 Å². The summed E-state index contributed by atoms with van der Waals surface area (Å²) in [5, 5.41) is 8.21. The van der Waals surface area contributed by atoms with Crippen molar-refractivity contribution in [3.8, 4) is 0 Å². The molecule has 0 aliphatic rings. The van der Waals surface area contributed by atoms with E-state index in [0.717, 1.165) is 5.56 Å². The van der Waals surface area contributed by atoms with E-state index in [-0.39, 0.29) is 5.78 Å². The number of rotatable bonds is 5. The highest BCUT2D eigenvalue weighted by molar-refractivity contribution is 6.51. The molecule has 0 spiro atoms. The molecule has 0 saturated carbocycles. The van der Waals surface area contributed by atoms with Crippen LogP contribution in [0.3, 0.4) is 0 Å². The largest absolute Gasteiger partial charge is 0.287 e. The molecule has 0 fully saturated rings. The minimum Gasteiger partial charge on any atom is -0.287 e. The summed E-state index contributed by atoms with van der Waals surface area (Å²) >= 11 is 0. The first-order chi connectivity index (χ1) is 11.8. The molecule has 0 N–H and O–H groups in total. The zero-order chi connectivity index (χ0) is 16.6. The molecule has 1 heterocycles. The van der Waals surface area contributed by atoms with Gasteiger partial charge < -0.3 is 0 Å². The second-order valence-electron chi connectivity index (χ2n) is 5.01. The Morgan fingerprint density at radius 3 is 2.04 bits per heavy atom. The van der Waals surface area contributed by atoms with E-state index < -0.39 is 0 Å². The fraction of sp³-hybridized carbons (Fsp3) is 0. The van der Waals surface area contributed by atoms with Gasteiger partial charge in [0.1, 0.15) is 5.71 Å². The zero-order valence-electron chi connectivity index (χ0n) is 12.9. The third-order valence-corrected chi connectivity index (χ3v) is 3.33. The maximum Gasteiger partial charge on any atom is 0.213 e. The number of carbonyl (C=O) groups excluding carboxylic acids is 1. The normalized spacial score (nSPS) is 11.6. The van der Waals surface area contributed by atoms with Crippen molar-refractivity contribution in [2.45, 2.75) is 0 Å². The topological polar surface area (TPSA) is 54.7 Å². The fourth-order valence-corrected chi connectivity index (χ4v) is 2.15. The molecule has 116 valence electrons. The van der Waals surface area contributed by atoms with E-state index in [1.165, 1.54) is 6.21 Å². The Morgan fingerprint density at radius 2 is 1.42 bits per heavy atom. The maximum atomic E-state index is 12.8. The van der Waals surface area contributed by atoms with Gasteiger partial charge in [0.25, 0.3) is 0 Å². The smallest absolute Gasteiger partial charge is 0.213 e. The molecule has 0 aliphatic carbocycles. The molecule has 0 bridgehead atoms. The third-order valence-electron chi connectivity index (χ3n) is 3.33. The van der Waals surface area contributed by atoms with Gasteiger partial charge in [-0.05, 0) is 12.1 Å². The van der Waals surface area contributed by atoms with Crippen LogP contribution in [0.2, 0.25) is 0 Å². The second kappa shape index (κ2) is 7.74. The van der Waals surface area contributed by atoms with Crippen LogP contribution in [0, 0.1) is 0 Å². The molecule has 0 aliphatic heterocycles. The van der Waals surface area contributed by atoms with Gasteiger partial charge in [-0.15, -0.1) is 5.10 Å². The molecule has 0 atom stereocenters. The van der Waals surface area contributed by atoms with Gasteiger partial charge in [0.2, 0.25) is 5.78 Å². The van der Waals surface area contributed by atoms with Gasteiger partial charge in [-0.25, -0.2) is 0 Å². The maximum absolute atomic E-state index is 12.8. The molecule has 0 saturated heterocycles. The Morgan fingerprint density at radius 1 is 0.792 bits per heavy atom. The van der Waals surface area contributed by atoms with Gasteiger partial charge in [-0.2, -0.15) is 5.10 Å². The van der Waals surface area contributed by atoms with Gasteiger partial charge in [0.15, 0.2) is 0 Å². The van der Waals surface area contributed by atoms with E-state index in [1.54, 1.807) is 18.3 Å². The molecular formula is C20H15N3O. The molecule has 1 aromatic heterocycles. The molecule has 0 radical (unpaired) electrons. The van der Waals surface area contributed by atoms with Gasteiger partial charge >= 0.3 is 0 Å². The number of hydrogen-bond acceptors (Lipinski definition) is 4. The summed E-state index contributed by atoms with van der Waals surface area (Å²) < 4.78 is 0. The van der Waals surface area contributed by atoms with Crippen molar-refractivity contribution in [1.29, 1.82) is 0 Å². The second-order valence-corrected chi connectivity index (χ2v) is 5.01. The number of Topliss-reactive ketones (excluding diaryl/α,β-unsaturated/α-hetero) is 1. The SMILES string of the molecule is O=C(/C(=N/N=C\c1ccccn1)c1ccccc1)c1ccccc1. The van der Waals surface area contributed by atoms with E-state index in [9.17, 15) is 4.79 Å². The van der Waals surface area contributed by atoms with Gasteiger partial charge in [0, 0.05) is 17.3 Å². The van der Waals surface area contributed by atoms with Gasteiger partial charge in [0.05, 0.1) is 11.9 Å². The van der Waals surface area contributed by atoms with Crippen LogP contribution < -0.4 is 0 Å². The first-order valence-corrected chi connectivity index (χ1v) is 7.52. The van der Waals surface area contributed by atoms with Crippen LogP contribution in [0.4, 0.5) is 0 Å². The van der Waals surface area contributed by atoms with E-state index in [4.69, 9.17) is 0 Å². The van der Waals surface area contributed by atoms with E-state index in [2.05, 4.69) is 15.2 Å². The van der Waals surface area contributed by atoms with Crippen molar-refractivity contribution in [3.63, 3.8) is 0 Å². The number of pyridine rings is 1. The fourth-order valence-electron chi connectivity index (χ4n) is 2.15. The molecule has 4 heteroatoms. The van der Waals surface area contributed by atoms with Crippen molar-refractivity contribution in [1.82, 2.24) is 4.98 Å². The molecule has 0 amide bonds. The minimum atomic E-state index is -0.167. The first kappa shape index (κ1) is 15.5. The van der Waals surface area contributed by atoms with Crippen LogP contribution in [0.15, 0.2) is 95.3 Å². The standard InChI is InChI=1S/C20H15N3O/c24-20(17-11-5-2-6-12-17)19(16-9-3-1-4-10-16)23-22-15-18-13-7-8-14-21-18/h1-15H/b22-15-,23-19+. The monoisotopic (exact) mass is 313 g/mol. The van der Waals surface area contributed by atoms with Crippen LogP contribution in [0.5, 0.6) is 0 Å². The molecule has 4 nitrogen and oxygen atoms in total. The predicted octanol–water partition coefficient (Wildman–Crippen LogP) is 3.79. The highest BCUT2D eigenvalue weighted by atomic mass is 16.1. The van der Waals surface area contributed by atoms with Crippen molar-refractivity contribution in [2.24, 2.45) is 10.2 Å². The number of ketones is 1. The average molecular weight is 313 g/mol. The lowest BCUT2D eigenvalue weighted by molar-refractivity contribution is 0.106. The molecule has 2 aromatic carbocycles. The Kier molecular flexibility index (Phi) is 5.00. The summed E-state index contributed by atoms with van der Waals surface area (Å²) in [6.45, 7) is 0. The molecule has 0 unspecified atom stereocenters. The van der Waals surface area contributed by atoms with Crippen molar-refractivity contribution in [2.75, 3.05) is 0 Å². The molecule has 3 aromatic rings. The summed E-state index contributed by atoms with van der Waals surface area (Å²) in [7, 11) is 0. The lowest BCUT2D eigenvalue weighted by Crippen LogP contribution is -2.15. The minimum absolute atomic E-state index is 0.167. The number of carbonyl (C=O) groups is 1. The quantitative estimate of drug-likeness (QED) is 0.409. The van der Waals surface area contributed by atoms with Crippen molar-refractivity contribution < 1.29 is 4.79 Å². The van der Waals surface area contributed by atoms with Crippen LogP contribution in [0.1, 0.15) is 21.6 Å². The van der Waals surface area contributed by atoms with Crippen LogP contribution in [-0.2, 0) is 0 Å². The lowest BCUT2D eigenvalue weighted by Gasteiger charge is -2.04. The van der Waals surface area contributed by atoms with E-state index in [1.807, 2.05) is 66.7 Å². The summed E-state index contributed by atoms with van der Waals surface area (Å²) in [5.41, 5.74) is 2.28. The molecule has 24 heavy (non-hydrogen) atoms. The van der Waals surface area contributed by atoms with Gasteiger partial charge in [-0.1, -0.05) is 66.7 Å². The number of nitrogens with zero attached hydrogens (tertiary/aromatic N) is 3. The predicted molar refractivity (Wildman–Crippen MR) is 95.6 cm³/mol. The first-order valence-electron chi connectivity index (χ1n) is 7.52. The Bertz CT molecular complexity index is 857. The highest BCUT2D eigenvalue weighted by Crippen LogP contribution is 2.09. The van der Waals surface area contributed by atoms with Crippen LogP contribution in [-0.4, -0.2) is 22.7 Å². The summed E-state index contributed by atoms with van der Waals surface area (Å²) in [5.74, 6) is -0.167. The zero-order valence-corrected chi connectivity index (χ0v) is 12.9. The summed E-state index contributed by atoms with van der Waals surface area (Å²) in [6.07, 6.45) is 3.21. The van der Waals surface area contributed by atoms with Crippen molar-refractivity contribution in [3.05, 3.63) is 102 Å². The van der Waals surface area contributed by atoms with Crippen molar-refractivity contribution >= 4 is 17.7 Å². The Hall–Kier alpha value is -3.40. The lowest BCUT2D eigenvalue weighted by atomic mass is 10.0. The van der Waals surface area contributed by atoms with E-state index >= 15 is 0 Å². The van der Waals surface area contributed by atoms with Crippen LogP contribution in [0.25, 0.3) is 0 Å². The summed E-state index contributed by atoms with van der Waals surface area (Å²) in [6, 6.07) is 23.9. The van der Waals surface area contributed by atoms with Gasteiger partial charge in [-0.3, -0.25) is 9.78 Å². The molecule has 3 rings (SSSR count). The number of aromatic nitrogens is 1. The van der Waals surface area contributed by atoms with Crippen LogP contribution >= 0.6 is 0 Å². The summed E-state index contributed by atoms with van der Waals surface area (Å²) in [4.78, 5) is 16.9. The molecular weight excluding hydrogens is 298 g/mol. The Labute approximate surface area is 140 Å². The highest BCUT2D eigenvalue weighted by Gasteiger charge is 2.15.